The van der Waals surface area contributed by atoms with Crippen LogP contribution >= 0.6 is 23.2 Å². The molecule has 0 aromatic heterocycles. The molecule has 192 valence electrons. The number of imide groups is 1. The molecule has 36 heavy (non-hydrogen) atoms. The van der Waals surface area contributed by atoms with Gasteiger partial charge in [-0.3, -0.25) is 24.1 Å². The van der Waals surface area contributed by atoms with E-state index in [4.69, 9.17) is 23.2 Å². The van der Waals surface area contributed by atoms with Crippen molar-refractivity contribution in [1.29, 1.82) is 0 Å². The second-order valence-corrected chi connectivity index (χ2v) is 9.75. The van der Waals surface area contributed by atoms with Gasteiger partial charge < -0.3 is 10.2 Å². The van der Waals surface area contributed by atoms with Gasteiger partial charge in [-0.25, -0.2) is 0 Å². The van der Waals surface area contributed by atoms with E-state index in [9.17, 15) is 19.2 Å². The lowest BCUT2D eigenvalue weighted by Crippen LogP contribution is -2.50. The summed E-state index contributed by atoms with van der Waals surface area (Å²) in [6.45, 7) is 5.98. The first-order valence-electron chi connectivity index (χ1n) is 12.2. The van der Waals surface area contributed by atoms with Gasteiger partial charge in [0, 0.05) is 35.6 Å². The number of nitrogens with zero attached hydrogens (tertiary/aromatic N) is 2. The van der Waals surface area contributed by atoms with Crippen molar-refractivity contribution in [3.63, 3.8) is 0 Å². The molecule has 2 unspecified atom stereocenters. The normalized spacial score (nSPS) is 14.4. The molecular formula is C27H31Cl2N3O4. The molecule has 0 bridgehead atoms. The smallest absolute Gasteiger partial charge is 0.261 e. The average Bonchev–Trinajstić information content (AvgIpc) is 3.10. The predicted octanol–water partition coefficient (Wildman–Crippen LogP) is 5.09. The highest BCUT2D eigenvalue weighted by atomic mass is 35.5. The number of halogens is 2. The molecule has 7 nitrogen and oxygen atoms in total. The number of amides is 4. The van der Waals surface area contributed by atoms with E-state index in [2.05, 4.69) is 5.32 Å². The SMILES string of the molecule is CCC(C)NC(=O)C(CC)N(Cc1ccc(Cl)cc1Cl)C(=O)CCCN1C(=O)c2ccccc2C1=O. The fourth-order valence-corrected chi connectivity index (χ4v) is 4.64. The van der Waals surface area contributed by atoms with E-state index in [0.29, 0.717) is 33.2 Å². The highest BCUT2D eigenvalue weighted by Crippen LogP contribution is 2.25. The molecule has 1 aliphatic heterocycles. The number of hydrogen-bond acceptors (Lipinski definition) is 4. The molecule has 1 N–H and O–H groups in total. The number of carbonyl (C=O) groups excluding carboxylic acids is 4. The Hall–Kier alpha value is -2.90. The molecule has 2 atom stereocenters. The molecule has 0 aliphatic carbocycles. The number of nitrogens with one attached hydrogen (secondary N) is 1. The van der Waals surface area contributed by atoms with Gasteiger partial charge in [-0.15, -0.1) is 0 Å². The third kappa shape index (κ3) is 6.26. The molecule has 0 spiro atoms. The second-order valence-electron chi connectivity index (χ2n) is 8.91. The lowest BCUT2D eigenvalue weighted by molar-refractivity contribution is -0.141. The Morgan fingerprint density at radius 2 is 1.64 bits per heavy atom. The maximum Gasteiger partial charge on any atom is 0.261 e. The van der Waals surface area contributed by atoms with Crippen molar-refractivity contribution in [2.24, 2.45) is 0 Å². The van der Waals surface area contributed by atoms with Crippen molar-refractivity contribution in [2.45, 2.75) is 65.1 Å². The zero-order valence-corrected chi connectivity index (χ0v) is 22.2. The van der Waals surface area contributed by atoms with Crippen LogP contribution in [0.25, 0.3) is 0 Å². The molecule has 4 amide bonds. The van der Waals surface area contributed by atoms with Gasteiger partial charge >= 0.3 is 0 Å². The van der Waals surface area contributed by atoms with Crippen LogP contribution in [-0.4, -0.2) is 52.1 Å². The van der Waals surface area contributed by atoms with Crippen LogP contribution < -0.4 is 5.32 Å². The minimum Gasteiger partial charge on any atom is -0.352 e. The van der Waals surface area contributed by atoms with Gasteiger partial charge in [0.15, 0.2) is 0 Å². The largest absolute Gasteiger partial charge is 0.352 e. The average molecular weight is 532 g/mol. The summed E-state index contributed by atoms with van der Waals surface area (Å²) in [6, 6.07) is 11.0. The monoisotopic (exact) mass is 531 g/mol. The van der Waals surface area contributed by atoms with Crippen LogP contribution in [0.4, 0.5) is 0 Å². The molecule has 1 aliphatic rings. The van der Waals surface area contributed by atoms with Crippen LogP contribution in [0, 0.1) is 0 Å². The number of hydrogen-bond donors (Lipinski definition) is 1. The van der Waals surface area contributed by atoms with Gasteiger partial charge in [-0.2, -0.15) is 0 Å². The molecule has 1 heterocycles. The van der Waals surface area contributed by atoms with Crippen LogP contribution in [0.3, 0.4) is 0 Å². The summed E-state index contributed by atoms with van der Waals surface area (Å²) in [7, 11) is 0. The van der Waals surface area contributed by atoms with Crippen molar-refractivity contribution in [1.82, 2.24) is 15.1 Å². The molecule has 0 radical (unpaired) electrons. The van der Waals surface area contributed by atoms with E-state index in [1.807, 2.05) is 20.8 Å². The molecule has 3 rings (SSSR count). The van der Waals surface area contributed by atoms with E-state index >= 15 is 0 Å². The summed E-state index contributed by atoms with van der Waals surface area (Å²) in [6.07, 6.45) is 1.52. The summed E-state index contributed by atoms with van der Waals surface area (Å²) in [4.78, 5) is 54.4. The van der Waals surface area contributed by atoms with Crippen LogP contribution in [0.2, 0.25) is 10.0 Å². The number of fused-ring (bicyclic) bond motifs is 1. The third-order valence-corrected chi connectivity index (χ3v) is 6.98. The Morgan fingerprint density at radius 1 is 1.00 bits per heavy atom. The molecular weight excluding hydrogens is 501 g/mol. The van der Waals surface area contributed by atoms with E-state index in [1.165, 1.54) is 9.80 Å². The van der Waals surface area contributed by atoms with E-state index in [0.717, 1.165) is 6.42 Å². The molecule has 0 saturated carbocycles. The van der Waals surface area contributed by atoms with Crippen molar-refractivity contribution in [2.75, 3.05) is 6.54 Å². The first kappa shape index (κ1) is 27.7. The fourth-order valence-electron chi connectivity index (χ4n) is 4.17. The van der Waals surface area contributed by atoms with Gasteiger partial charge in [0.25, 0.3) is 11.8 Å². The Bertz CT molecular complexity index is 1120. The summed E-state index contributed by atoms with van der Waals surface area (Å²) in [5, 5.41) is 3.85. The number of benzene rings is 2. The summed E-state index contributed by atoms with van der Waals surface area (Å²) < 4.78 is 0. The molecule has 0 saturated heterocycles. The zero-order chi connectivity index (χ0) is 26.4. The highest BCUT2D eigenvalue weighted by Gasteiger charge is 2.35. The lowest BCUT2D eigenvalue weighted by atomic mass is 10.1. The third-order valence-electron chi connectivity index (χ3n) is 6.39. The van der Waals surface area contributed by atoms with E-state index in [-0.39, 0.29) is 55.6 Å². The van der Waals surface area contributed by atoms with Crippen LogP contribution in [-0.2, 0) is 16.1 Å². The number of carbonyl (C=O) groups is 4. The summed E-state index contributed by atoms with van der Waals surface area (Å²) in [5.74, 6) is -1.20. The Morgan fingerprint density at radius 3 is 2.19 bits per heavy atom. The molecule has 9 heteroatoms. The first-order chi connectivity index (χ1) is 17.2. The second kappa shape index (κ2) is 12.4. The van der Waals surface area contributed by atoms with Gasteiger partial charge in [-0.05, 0) is 56.0 Å². The van der Waals surface area contributed by atoms with Crippen molar-refractivity contribution >= 4 is 46.8 Å². The van der Waals surface area contributed by atoms with E-state index < -0.39 is 6.04 Å². The topological polar surface area (TPSA) is 86.8 Å². The van der Waals surface area contributed by atoms with Crippen LogP contribution in [0.1, 0.15) is 72.7 Å². The maximum absolute atomic E-state index is 13.4. The Labute approximate surface area is 221 Å². The highest BCUT2D eigenvalue weighted by molar-refractivity contribution is 6.35. The van der Waals surface area contributed by atoms with Crippen LogP contribution in [0.5, 0.6) is 0 Å². The predicted molar refractivity (Wildman–Crippen MR) is 140 cm³/mol. The van der Waals surface area contributed by atoms with E-state index in [1.54, 1.807) is 42.5 Å². The standard InChI is InChI=1S/C27H31Cl2N3O4/c1-4-17(3)30-25(34)23(5-2)32(16-18-12-13-19(28)15-22(18)29)24(33)11-8-14-31-26(35)20-9-6-7-10-21(20)27(31)36/h6-7,9-10,12-13,15,17,23H,4-5,8,11,14,16H2,1-3H3,(H,30,34). The summed E-state index contributed by atoms with van der Waals surface area (Å²) in [5.41, 5.74) is 1.42. The maximum atomic E-state index is 13.4. The summed E-state index contributed by atoms with van der Waals surface area (Å²) >= 11 is 12.4. The first-order valence-corrected chi connectivity index (χ1v) is 12.9. The van der Waals surface area contributed by atoms with Gasteiger partial charge in [0.2, 0.25) is 11.8 Å². The minimum absolute atomic E-state index is 0.0311. The van der Waals surface area contributed by atoms with Gasteiger partial charge in [0.1, 0.15) is 6.04 Å². The van der Waals surface area contributed by atoms with Crippen molar-refractivity contribution in [3.8, 4) is 0 Å². The fraction of sp³-hybridized carbons (Fsp3) is 0.407. The zero-order valence-electron chi connectivity index (χ0n) is 20.7. The van der Waals surface area contributed by atoms with Gasteiger partial charge in [0.05, 0.1) is 11.1 Å². The quantitative estimate of drug-likeness (QED) is 0.409. The molecule has 2 aromatic rings. The molecule has 2 aromatic carbocycles. The molecule has 0 fully saturated rings. The lowest BCUT2D eigenvalue weighted by Gasteiger charge is -2.32. The van der Waals surface area contributed by atoms with Gasteiger partial charge in [-0.1, -0.05) is 55.2 Å². The number of rotatable bonds is 11. The minimum atomic E-state index is -0.697. The van der Waals surface area contributed by atoms with Crippen LogP contribution in [0.15, 0.2) is 42.5 Å². The Balaban J connectivity index is 1.74. The van der Waals surface area contributed by atoms with Crippen molar-refractivity contribution < 1.29 is 19.2 Å². The van der Waals surface area contributed by atoms with Crippen molar-refractivity contribution in [3.05, 3.63) is 69.2 Å². The Kier molecular flexibility index (Phi) is 9.51.